The van der Waals surface area contributed by atoms with Gasteiger partial charge in [-0.3, -0.25) is 0 Å². The first kappa shape index (κ1) is 12.8. The molecule has 0 bridgehead atoms. The standard InChI is InChI=1S/C17H12N2O2/c18-16-11(4-3-6-14(16)17(20)21)8-9-12-10-19-15-7-2-1-5-13(12)15/h1-7,10,19H,18H2,(H,20,21). The second kappa shape index (κ2) is 5.06. The van der Waals surface area contributed by atoms with Gasteiger partial charge in [-0.05, 0) is 18.2 Å². The quantitative estimate of drug-likeness (QED) is 0.472. The lowest BCUT2D eigenvalue weighted by molar-refractivity contribution is 0.0698. The van der Waals surface area contributed by atoms with Crippen LogP contribution in [0.4, 0.5) is 5.69 Å². The van der Waals surface area contributed by atoms with Gasteiger partial charge in [0.2, 0.25) is 0 Å². The maximum atomic E-state index is 11.0. The number of rotatable bonds is 1. The molecule has 1 heterocycles. The molecule has 0 aliphatic heterocycles. The molecule has 0 fully saturated rings. The highest BCUT2D eigenvalue weighted by molar-refractivity contribution is 5.95. The fourth-order valence-electron chi connectivity index (χ4n) is 2.17. The van der Waals surface area contributed by atoms with E-state index in [0.29, 0.717) is 5.56 Å². The van der Waals surface area contributed by atoms with Gasteiger partial charge in [-0.15, -0.1) is 0 Å². The number of aromatic nitrogens is 1. The fourth-order valence-corrected chi connectivity index (χ4v) is 2.17. The van der Waals surface area contributed by atoms with E-state index in [0.717, 1.165) is 16.5 Å². The van der Waals surface area contributed by atoms with Gasteiger partial charge in [0.05, 0.1) is 16.8 Å². The Bertz CT molecular complexity index is 898. The second-order valence-corrected chi connectivity index (χ2v) is 4.57. The van der Waals surface area contributed by atoms with Gasteiger partial charge in [0.25, 0.3) is 0 Å². The van der Waals surface area contributed by atoms with E-state index in [1.807, 2.05) is 30.5 Å². The van der Waals surface area contributed by atoms with Crippen LogP contribution >= 0.6 is 0 Å². The topological polar surface area (TPSA) is 79.1 Å². The van der Waals surface area contributed by atoms with Gasteiger partial charge in [0, 0.05) is 22.7 Å². The number of anilines is 1. The summed E-state index contributed by atoms with van der Waals surface area (Å²) in [5.74, 6) is 4.93. The van der Waals surface area contributed by atoms with Crippen LogP contribution in [0.15, 0.2) is 48.7 Å². The molecule has 3 aromatic rings. The maximum Gasteiger partial charge on any atom is 0.337 e. The number of aromatic amines is 1. The molecule has 0 aliphatic carbocycles. The molecule has 0 unspecified atom stereocenters. The second-order valence-electron chi connectivity index (χ2n) is 4.57. The Labute approximate surface area is 121 Å². The zero-order valence-corrected chi connectivity index (χ0v) is 11.1. The van der Waals surface area contributed by atoms with Crippen molar-refractivity contribution in [2.24, 2.45) is 0 Å². The Hall–Kier alpha value is -3.19. The predicted octanol–water partition coefficient (Wildman–Crippen LogP) is 2.85. The minimum Gasteiger partial charge on any atom is -0.478 e. The largest absolute Gasteiger partial charge is 0.478 e. The normalized spacial score (nSPS) is 10.1. The number of para-hydroxylation sites is 2. The molecule has 2 aromatic carbocycles. The summed E-state index contributed by atoms with van der Waals surface area (Å²) in [6.07, 6.45) is 1.83. The monoisotopic (exact) mass is 276 g/mol. The van der Waals surface area contributed by atoms with Gasteiger partial charge in [-0.25, -0.2) is 4.79 Å². The summed E-state index contributed by atoms with van der Waals surface area (Å²) in [5.41, 5.74) is 8.48. The van der Waals surface area contributed by atoms with Crippen LogP contribution in [0.5, 0.6) is 0 Å². The molecule has 0 atom stereocenters. The number of benzene rings is 2. The molecule has 0 saturated heterocycles. The summed E-state index contributed by atoms with van der Waals surface area (Å²) in [7, 11) is 0. The molecule has 21 heavy (non-hydrogen) atoms. The summed E-state index contributed by atoms with van der Waals surface area (Å²) in [6.45, 7) is 0. The zero-order valence-electron chi connectivity index (χ0n) is 11.1. The molecule has 3 rings (SSSR count). The van der Waals surface area contributed by atoms with Crippen molar-refractivity contribution >= 4 is 22.6 Å². The summed E-state index contributed by atoms with van der Waals surface area (Å²) in [6, 6.07) is 12.7. The molecule has 0 saturated carbocycles. The summed E-state index contributed by atoms with van der Waals surface area (Å²) >= 11 is 0. The van der Waals surface area contributed by atoms with E-state index < -0.39 is 5.97 Å². The van der Waals surface area contributed by atoms with Crippen LogP contribution < -0.4 is 5.73 Å². The highest BCUT2D eigenvalue weighted by Crippen LogP contribution is 2.19. The number of carboxylic acids is 1. The summed E-state index contributed by atoms with van der Waals surface area (Å²) in [5, 5.41) is 10.1. The fraction of sp³-hybridized carbons (Fsp3) is 0. The average Bonchev–Trinajstić information content (AvgIpc) is 2.89. The number of aromatic carboxylic acids is 1. The number of nitrogen functional groups attached to an aromatic ring is 1. The van der Waals surface area contributed by atoms with Crippen molar-refractivity contribution in [1.29, 1.82) is 0 Å². The molecule has 0 spiro atoms. The Kier molecular flexibility index (Phi) is 3.09. The molecule has 0 amide bonds. The zero-order chi connectivity index (χ0) is 14.8. The SMILES string of the molecule is Nc1c(C#Cc2c[nH]c3ccccc23)cccc1C(=O)O. The van der Waals surface area contributed by atoms with E-state index in [-0.39, 0.29) is 11.3 Å². The van der Waals surface area contributed by atoms with Crippen molar-refractivity contribution in [3.8, 4) is 11.8 Å². The lowest BCUT2D eigenvalue weighted by Gasteiger charge is -2.02. The van der Waals surface area contributed by atoms with Crippen molar-refractivity contribution in [2.75, 3.05) is 5.73 Å². The maximum absolute atomic E-state index is 11.0. The van der Waals surface area contributed by atoms with Crippen LogP contribution in [0, 0.1) is 11.8 Å². The highest BCUT2D eigenvalue weighted by Gasteiger charge is 2.09. The van der Waals surface area contributed by atoms with Gasteiger partial charge < -0.3 is 15.8 Å². The van der Waals surface area contributed by atoms with Crippen molar-refractivity contribution in [3.63, 3.8) is 0 Å². The predicted molar refractivity (Wildman–Crippen MR) is 82.1 cm³/mol. The van der Waals surface area contributed by atoms with Crippen molar-refractivity contribution in [3.05, 3.63) is 65.4 Å². The lowest BCUT2D eigenvalue weighted by Crippen LogP contribution is -2.03. The van der Waals surface area contributed by atoms with Crippen LogP contribution in [-0.2, 0) is 0 Å². The number of hydrogen-bond acceptors (Lipinski definition) is 2. The van der Waals surface area contributed by atoms with Gasteiger partial charge in [0.15, 0.2) is 0 Å². The molecule has 4 N–H and O–H groups in total. The number of fused-ring (bicyclic) bond motifs is 1. The third-order valence-electron chi connectivity index (χ3n) is 3.26. The van der Waals surface area contributed by atoms with Crippen molar-refractivity contribution in [1.82, 2.24) is 4.98 Å². The summed E-state index contributed by atoms with van der Waals surface area (Å²) < 4.78 is 0. The number of nitrogens with two attached hydrogens (primary N) is 1. The van der Waals surface area contributed by atoms with E-state index in [1.165, 1.54) is 6.07 Å². The molecular formula is C17H12N2O2. The molecule has 4 heteroatoms. The third-order valence-corrected chi connectivity index (χ3v) is 3.26. The molecular weight excluding hydrogens is 264 g/mol. The number of H-pyrrole nitrogens is 1. The van der Waals surface area contributed by atoms with Crippen molar-refractivity contribution in [2.45, 2.75) is 0 Å². The number of nitrogens with one attached hydrogen (secondary N) is 1. The minimum atomic E-state index is -1.05. The number of carbonyl (C=O) groups is 1. The third kappa shape index (κ3) is 2.33. The van der Waals surface area contributed by atoms with E-state index in [9.17, 15) is 4.79 Å². The summed E-state index contributed by atoms with van der Waals surface area (Å²) in [4.78, 5) is 14.2. The Morgan fingerprint density at radius 3 is 2.62 bits per heavy atom. The van der Waals surface area contributed by atoms with Crippen LogP contribution in [0.25, 0.3) is 10.9 Å². The highest BCUT2D eigenvalue weighted by atomic mass is 16.4. The average molecular weight is 276 g/mol. The molecule has 102 valence electrons. The molecule has 0 radical (unpaired) electrons. The first-order valence-electron chi connectivity index (χ1n) is 6.37. The van der Waals surface area contributed by atoms with Gasteiger partial charge >= 0.3 is 5.97 Å². The first-order chi connectivity index (χ1) is 10.2. The smallest absolute Gasteiger partial charge is 0.337 e. The van der Waals surface area contributed by atoms with Gasteiger partial charge in [0.1, 0.15) is 0 Å². The first-order valence-corrected chi connectivity index (χ1v) is 6.37. The van der Waals surface area contributed by atoms with Crippen LogP contribution in [0.2, 0.25) is 0 Å². The van der Waals surface area contributed by atoms with E-state index in [1.54, 1.807) is 12.1 Å². The van der Waals surface area contributed by atoms with Crippen LogP contribution in [0.1, 0.15) is 21.5 Å². The van der Waals surface area contributed by atoms with E-state index in [2.05, 4.69) is 16.8 Å². The lowest BCUT2D eigenvalue weighted by atomic mass is 10.1. The van der Waals surface area contributed by atoms with Crippen molar-refractivity contribution < 1.29 is 9.90 Å². The number of carboxylic acid groups (broad SMARTS) is 1. The molecule has 4 nitrogen and oxygen atoms in total. The Morgan fingerprint density at radius 2 is 1.81 bits per heavy atom. The minimum absolute atomic E-state index is 0.0701. The van der Waals surface area contributed by atoms with Crippen LogP contribution in [0.3, 0.4) is 0 Å². The number of hydrogen-bond donors (Lipinski definition) is 3. The Morgan fingerprint density at radius 1 is 1.05 bits per heavy atom. The van der Waals surface area contributed by atoms with E-state index >= 15 is 0 Å². The molecule has 1 aromatic heterocycles. The van der Waals surface area contributed by atoms with E-state index in [4.69, 9.17) is 10.8 Å². The van der Waals surface area contributed by atoms with Gasteiger partial charge in [-0.1, -0.05) is 36.1 Å². The van der Waals surface area contributed by atoms with Gasteiger partial charge in [-0.2, -0.15) is 0 Å². The van der Waals surface area contributed by atoms with Crippen LogP contribution in [-0.4, -0.2) is 16.1 Å². The molecule has 0 aliphatic rings. The Balaban J connectivity index is 2.06.